The number of carbonyl (C=O) groups is 1. The lowest BCUT2D eigenvalue weighted by atomic mass is 10.1. The molecule has 0 saturated heterocycles. The van der Waals surface area contributed by atoms with Gasteiger partial charge in [0.1, 0.15) is 12.4 Å². The fourth-order valence-electron chi connectivity index (χ4n) is 2.02. The Hall–Kier alpha value is -2.29. The maximum atomic E-state index is 11.3. The molecule has 0 fully saturated rings. The molecule has 0 amide bonds. The Bertz CT molecular complexity index is 576. The van der Waals surface area contributed by atoms with Crippen molar-refractivity contribution in [2.45, 2.75) is 20.0 Å². The minimum absolute atomic E-state index is 0.0998. The minimum atomic E-state index is 0.0998. The van der Waals surface area contributed by atoms with Gasteiger partial charge in [0.25, 0.3) is 0 Å². The van der Waals surface area contributed by atoms with Crippen molar-refractivity contribution in [1.82, 2.24) is 0 Å². The highest BCUT2D eigenvalue weighted by Crippen LogP contribution is 2.32. The largest absolute Gasteiger partial charge is 0.493 e. The van der Waals surface area contributed by atoms with Gasteiger partial charge in [0, 0.05) is 12.0 Å². The first-order chi connectivity index (χ1) is 9.70. The standard InChI is InChI=1S/C17H18O3/c1-13(18)11-15-9-6-10-16(19-2)17(15)20-12-14-7-4-3-5-8-14/h3-10H,11-12H2,1-2H3. The fourth-order valence-corrected chi connectivity index (χ4v) is 2.02. The maximum Gasteiger partial charge on any atom is 0.165 e. The van der Waals surface area contributed by atoms with E-state index < -0.39 is 0 Å². The molecule has 20 heavy (non-hydrogen) atoms. The monoisotopic (exact) mass is 270 g/mol. The Kier molecular flexibility index (Phi) is 4.77. The number of Topliss-reactive ketones (excluding diaryl/α,β-unsaturated/α-hetero) is 1. The number of hydrogen-bond donors (Lipinski definition) is 0. The molecule has 0 aliphatic carbocycles. The molecule has 0 aliphatic rings. The zero-order chi connectivity index (χ0) is 14.4. The van der Waals surface area contributed by atoms with Crippen molar-refractivity contribution in [3.8, 4) is 11.5 Å². The zero-order valence-corrected chi connectivity index (χ0v) is 11.8. The quantitative estimate of drug-likeness (QED) is 0.807. The summed E-state index contributed by atoms with van der Waals surface area (Å²) in [7, 11) is 1.60. The number of carbonyl (C=O) groups excluding carboxylic acids is 1. The summed E-state index contributed by atoms with van der Waals surface area (Å²) >= 11 is 0. The van der Waals surface area contributed by atoms with E-state index in [-0.39, 0.29) is 5.78 Å². The molecule has 2 aromatic rings. The molecule has 0 aromatic heterocycles. The van der Waals surface area contributed by atoms with Gasteiger partial charge in [0.05, 0.1) is 7.11 Å². The van der Waals surface area contributed by atoms with Crippen molar-refractivity contribution in [3.63, 3.8) is 0 Å². The third kappa shape index (κ3) is 3.60. The molecular weight excluding hydrogens is 252 g/mol. The normalized spacial score (nSPS) is 10.1. The Morgan fingerprint density at radius 1 is 1.05 bits per heavy atom. The van der Waals surface area contributed by atoms with Crippen LogP contribution in [0.25, 0.3) is 0 Å². The van der Waals surface area contributed by atoms with Gasteiger partial charge in [0.15, 0.2) is 11.5 Å². The van der Waals surface area contributed by atoms with Gasteiger partial charge >= 0.3 is 0 Å². The Balaban J connectivity index is 2.21. The number of para-hydroxylation sites is 1. The van der Waals surface area contributed by atoms with Gasteiger partial charge in [-0.15, -0.1) is 0 Å². The van der Waals surface area contributed by atoms with Crippen molar-refractivity contribution in [2.75, 3.05) is 7.11 Å². The second-order valence-electron chi connectivity index (χ2n) is 4.60. The molecule has 3 heteroatoms. The van der Waals surface area contributed by atoms with E-state index in [0.29, 0.717) is 24.5 Å². The van der Waals surface area contributed by atoms with Crippen molar-refractivity contribution in [3.05, 3.63) is 59.7 Å². The van der Waals surface area contributed by atoms with Crippen molar-refractivity contribution < 1.29 is 14.3 Å². The number of benzene rings is 2. The van der Waals surface area contributed by atoms with E-state index in [1.807, 2.05) is 48.5 Å². The van der Waals surface area contributed by atoms with Gasteiger partial charge in [-0.05, 0) is 18.6 Å². The van der Waals surface area contributed by atoms with Crippen LogP contribution in [0.1, 0.15) is 18.1 Å². The van der Waals surface area contributed by atoms with Crippen LogP contribution in [0.5, 0.6) is 11.5 Å². The van der Waals surface area contributed by atoms with E-state index in [1.165, 1.54) is 0 Å². The Morgan fingerprint density at radius 2 is 1.80 bits per heavy atom. The summed E-state index contributed by atoms with van der Waals surface area (Å²) in [5, 5.41) is 0. The van der Waals surface area contributed by atoms with Crippen molar-refractivity contribution in [2.24, 2.45) is 0 Å². The highest BCUT2D eigenvalue weighted by molar-refractivity contribution is 5.79. The molecule has 0 unspecified atom stereocenters. The summed E-state index contributed by atoms with van der Waals surface area (Å²) in [4.78, 5) is 11.3. The molecule has 0 spiro atoms. The summed E-state index contributed by atoms with van der Waals surface area (Å²) in [6, 6.07) is 15.5. The van der Waals surface area contributed by atoms with E-state index in [1.54, 1.807) is 14.0 Å². The van der Waals surface area contributed by atoms with Crippen LogP contribution >= 0.6 is 0 Å². The van der Waals surface area contributed by atoms with Gasteiger partial charge < -0.3 is 9.47 Å². The number of ether oxygens (including phenoxy) is 2. The predicted octanol–water partition coefficient (Wildman–Crippen LogP) is 3.41. The zero-order valence-electron chi connectivity index (χ0n) is 11.8. The van der Waals surface area contributed by atoms with Crippen LogP contribution < -0.4 is 9.47 Å². The van der Waals surface area contributed by atoms with Crippen LogP contribution in [-0.4, -0.2) is 12.9 Å². The lowest BCUT2D eigenvalue weighted by Gasteiger charge is -2.14. The third-order valence-corrected chi connectivity index (χ3v) is 2.95. The van der Waals surface area contributed by atoms with E-state index >= 15 is 0 Å². The Morgan fingerprint density at radius 3 is 2.45 bits per heavy atom. The van der Waals surface area contributed by atoms with Crippen LogP contribution in [0, 0.1) is 0 Å². The lowest BCUT2D eigenvalue weighted by molar-refractivity contribution is -0.116. The molecule has 3 nitrogen and oxygen atoms in total. The molecule has 2 rings (SSSR count). The van der Waals surface area contributed by atoms with Crippen LogP contribution in [0.15, 0.2) is 48.5 Å². The first-order valence-electron chi connectivity index (χ1n) is 6.52. The molecule has 0 heterocycles. The lowest BCUT2D eigenvalue weighted by Crippen LogP contribution is -2.04. The molecule has 0 N–H and O–H groups in total. The van der Waals surface area contributed by atoms with Crippen LogP contribution in [0.2, 0.25) is 0 Å². The second-order valence-corrected chi connectivity index (χ2v) is 4.60. The number of methoxy groups -OCH3 is 1. The number of hydrogen-bond acceptors (Lipinski definition) is 3. The molecular formula is C17H18O3. The molecule has 0 aliphatic heterocycles. The smallest absolute Gasteiger partial charge is 0.165 e. The summed E-state index contributed by atoms with van der Waals surface area (Å²) in [5.41, 5.74) is 1.93. The number of ketones is 1. The number of rotatable bonds is 6. The van der Waals surface area contributed by atoms with Gasteiger partial charge in [-0.2, -0.15) is 0 Å². The Labute approximate surface area is 119 Å². The predicted molar refractivity (Wildman–Crippen MR) is 78.2 cm³/mol. The average Bonchev–Trinajstić information content (AvgIpc) is 2.46. The molecule has 2 aromatic carbocycles. The van der Waals surface area contributed by atoms with Crippen molar-refractivity contribution >= 4 is 5.78 Å². The highest BCUT2D eigenvalue weighted by atomic mass is 16.5. The summed E-state index contributed by atoms with van der Waals surface area (Å²) in [5.74, 6) is 1.40. The summed E-state index contributed by atoms with van der Waals surface area (Å²) in [6.45, 7) is 2.02. The molecule has 104 valence electrons. The van der Waals surface area contributed by atoms with Crippen molar-refractivity contribution in [1.29, 1.82) is 0 Å². The minimum Gasteiger partial charge on any atom is -0.493 e. The summed E-state index contributed by atoms with van der Waals surface area (Å²) in [6.07, 6.45) is 0.349. The highest BCUT2D eigenvalue weighted by Gasteiger charge is 2.12. The van der Waals surface area contributed by atoms with Gasteiger partial charge in [-0.25, -0.2) is 0 Å². The third-order valence-electron chi connectivity index (χ3n) is 2.95. The molecule has 0 radical (unpaired) electrons. The van der Waals surface area contributed by atoms with Crippen LogP contribution in [0.3, 0.4) is 0 Å². The van der Waals surface area contributed by atoms with Crippen LogP contribution in [-0.2, 0) is 17.8 Å². The van der Waals surface area contributed by atoms with Crippen LogP contribution in [0.4, 0.5) is 0 Å². The maximum absolute atomic E-state index is 11.3. The fraction of sp³-hybridized carbons (Fsp3) is 0.235. The summed E-state index contributed by atoms with van der Waals surface area (Å²) < 4.78 is 11.2. The van der Waals surface area contributed by atoms with E-state index in [9.17, 15) is 4.79 Å². The average molecular weight is 270 g/mol. The molecule has 0 bridgehead atoms. The van der Waals surface area contributed by atoms with E-state index in [2.05, 4.69) is 0 Å². The topological polar surface area (TPSA) is 35.5 Å². The van der Waals surface area contributed by atoms with Gasteiger partial charge in [0.2, 0.25) is 0 Å². The van der Waals surface area contributed by atoms with E-state index in [4.69, 9.17) is 9.47 Å². The second kappa shape index (κ2) is 6.75. The van der Waals surface area contributed by atoms with Gasteiger partial charge in [-0.1, -0.05) is 42.5 Å². The first kappa shape index (κ1) is 14.1. The van der Waals surface area contributed by atoms with E-state index in [0.717, 1.165) is 11.1 Å². The van der Waals surface area contributed by atoms with Gasteiger partial charge in [-0.3, -0.25) is 4.79 Å². The first-order valence-corrected chi connectivity index (χ1v) is 6.52. The molecule has 0 atom stereocenters. The SMILES string of the molecule is COc1cccc(CC(C)=O)c1OCc1ccccc1. The molecule has 0 saturated carbocycles.